The predicted molar refractivity (Wildman–Crippen MR) is 78.6 cm³/mol. The molecule has 2 aromatic rings. The van der Waals surface area contributed by atoms with Gasteiger partial charge in [0.05, 0.1) is 10.0 Å². The minimum Gasteiger partial charge on any atom is -0.506 e. The van der Waals surface area contributed by atoms with E-state index in [1.165, 1.54) is 23.9 Å². The summed E-state index contributed by atoms with van der Waals surface area (Å²) in [6, 6.07) is 2.75. The van der Waals surface area contributed by atoms with E-state index in [2.05, 4.69) is 19.6 Å². The van der Waals surface area contributed by atoms with E-state index >= 15 is 0 Å². The summed E-state index contributed by atoms with van der Waals surface area (Å²) in [4.78, 5) is 4.17. The maximum Gasteiger partial charge on any atom is 0.250 e. The number of rotatable bonds is 4. The number of thioether (sulfide) groups is 1. The molecule has 5 nitrogen and oxygen atoms in total. The van der Waals surface area contributed by atoms with Gasteiger partial charge in [0.25, 0.3) is 0 Å². The number of phenols is 1. The average Bonchev–Trinajstić information content (AvgIpc) is 2.80. The molecular weight excluding hydrogens is 327 g/mol. The Kier molecular flexibility index (Phi) is 4.98. The highest BCUT2D eigenvalue weighted by atomic mass is 35.5. The van der Waals surface area contributed by atoms with Crippen LogP contribution in [0.15, 0.2) is 27.5 Å². The van der Waals surface area contributed by atoms with E-state index in [1.807, 2.05) is 6.92 Å². The topological polar surface area (TPSA) is 70.7 Å². The summed E-state index contributed by atoms with van der Waals surface area (Å²) in [6.07, 6.45) is 0. The van der Waals surface area contributed by atoms with E-state index in [1.54, 1.807) is 0 Å². The lowest BCUT2D eigenvalue weighted by Crippen LogP contribution is -1.73. The lowest BCUT2D eigenvalue weighted by atomic mass is 10.3. The fraction of sp³-hybridized carbons (Fsp3) is 0.200. The Morgan fingerprint density at radius 1 is 1.32 bits per heavy atom. The van der Waals surface area contributed by atoms with Gasteiger partial charge in [0.2, 0.25) is 10.3 Å². The van der Waals surface area contributed by atoms with E-state index in [9.17, 15) is 5.11 Å². The van der Waals surface area contributed by atoms with Gasteiger partial charge in [-0.2, -0.15) is 9.36 Å². The van der Waals surface area contributed by atoms with Crippen molar-refractivity contribution < 1.29 is 5.11 Å². The Bertz CT molecular complexity index is 618. The van der Waals surface area contributed by atoms with E-state index < -0.39 is 0 Å². The number of aromatic hydroxyl groups is 1. The van der Waals surface area contributed by atoms with Crippen molar-refractivity contribution in [3.05, 3.63) is 22.2 Å². The number of hydrogen-bond donors (Lipinski definition) is 1. The number of aromatic nitrogens is 2. The minimum atomic E-state index is -0.0943. The van der Waals surface area contributed by atoms with Gasteiger partial charge in [0.15, 0.2) is 0 Å². The predicted octanol–water partition coefficient (Wildman–Crippen LogP) is 5.08. The fourth-order valence-electron chi connectivity index (χ4n) is 1.13. The molecule has 19 heavy (non-hydrogen) atoms. The molecule has 2 rings (SSSR count). The van der Waals surface area contributed by atoms with Crippen molar-refractivity contribution in [1.29, 1.82) is 0 Å². The quantitative estimate of drug-likeness (QED) is 0.625. The van der Waals surface area contributed by atoms with Crippen LogP contribution in [0.5, 0.6) is 5.75 Å². The fourth-order valence-corrected chi connectivity index (χ4v) is 2.68. The first kappa shape index (κ1) is 14.5. The molecule has 0 aliphatic rings. The number of nitrogens with zero attached hydrogens (tertiary/aromatic N) is 4. The molecule has 0 amide bonds. The third kappa shape index (κ3) is 3.79. The molecule has 100 valence electrons. The van der Waals surface area contributed by atoms with E-state index in [0.717, 1.165) is 17.3 Å². The first-order valence-corrected chi connectivity index (χ1v) is 7.68. The Hall–Kier alpha value is -0.890. The Balaban J connectivity index is 2.19. The molecule has 0 aliphatic heterocycles. The van der Waals surface area contributed by atoms with Gasteiger partial charge in [-0.05, 0) is 11.8 Å². The molecule has 0 aliphatic carbocycles. The Morgan fingerprint density at radius 2 is 2.11 bits per heavy atom. The van der Waals surface area contributed by atoms with Crippen molar-refractivity contribution >= 4 is 57.3 Å². The molecule has 0 fully saturated rings. The molecule has 1 heterocycles. The molecule has 0 unspecified atom stereocenters. The van der Waals surface area contributed by atoms with Gasteiger partial charge in [-0.3, -0.25) is 0 Å². The Labute approximate surface area is 127 Å². The first-order chi connectivity index (χ1) is 9.10. The van der Waals surface area contributed by atoms with Crippen LogP contribution in [0.4, 0.5) is 10.8 Å². The number of benzene rings is 1. The highest BCUT2D eigenvalue weighted by Crippen LogP contribution is 2.36. The van der Waals surface area contributed by atoms with Crippen LogP contribution >= 0.6 is 46.5 Å². The van der Waals surface area contributed by atoms with Crippen LogP contribution in [0, 0.1) is 0 Å². The summed E-state index contributed by atoms with van der Waals surface area (Å²) in [7, 11) is 0. The van der Waals surface area contributed by atoms with Crippen LogP contribution in [0.2, 0.25) is 10.0 Å². The van der Waals surface area contributed by atoms with Gasteiger partial charge in [0, 0.05) is 17.6 Å². The van der Waals surface area contributed by atoms with Crippen LogP contribution < -0.4 is 0 Å². The second kappa shape index (κ2) is 6.51. The normalized spacial score (nSPS) is 11.3. The van der Waals surface area contributed by atoms with Crippen molar-refractivity contribution in [2.45, 2.75) is 12.1 Å². The van der Waals surface area contributed by atoms with Crippen molar-refractivity contribution in [1.82, 2.24) is 9.36 Å². The van der Waals surface area contributed by atoms with Crippen LogP contribution in [-0.2, 0) is 0 Å². The van der Waals surface area contributed by atoms with Crippen molar-refractivity contribution in [2.75, 3.05) is 5.75 Å². The third-order valence-electron chi connectivity index (χ3n) is 1.93. The number of halogens is 2. The summed E-state index contributed by atoms with van der Waals surface area (Å²) in [5.41, 5.74) is 0.365. The van der Waals surface area contributed by atoms with Crippen molar-refractivity contribution in [3.63, 3.8) is 0 Å². The van der Waals surface area contributed by atoms with E-state index in [0.29, 0.717) is 16.0 Å². The zero-order chi connectivity index (χ0) is 13.8. The molecule has 0 saturated carbocycles. The monoisotopic (exact) mass is 334 g/mol. The molecular formula is C10H8Cl2N4OS2. The maximum absolute atomic E-state index is 9.36. The molecule has 0 spiro atoms. The van der Waals surface area contributed by atoms with Crippen LogP contribution in [0.25, 0.3) is 0 Å². The molecule has 1 aromatic heterocycles. The highest BCUT2D eigenvalue weighted by molar-refractivity contribution is 7.99. The van der Waals surface area contributed by atoms with Gasteiger partial charge in [-0.15, -0.1) is 10.2 Å². The van der Waals surface area contributed by atoms with Crippen molar-refractivity contribution in [3.8, 4) is 5.75 Å². The van der Waals surface area contributed by atoms with E-state index in [-0.39, 0.29) is 15.8 Å². The second-order valence-corrected chi connectivity index (χ2v) is 6.02. The summed E-state index contributed by atoms with van der Waals surface area (Å²) in [5, 5.41) is 18.8. The third-order valence-corrected chi connectivity index (χ3v) is 3.98. The summed E-state index contributed by atoms with van der Waals surface area (Å²) in [5.74, 6) is 0.801. The summed E-state index contributed by atoms with van der Waals surface area (Å²) in [6.45, 7) is 2.02. The standard InChI is InChI=1S/C10H8Cl2N4OS2/c1-2-18-10-13-9(19-16-10)15-14-7-3-6(12)8(17)4-5(7)11/h3-4,17H,2H2,1H3. The smallest absolute Gasteiger partial charge is 0.250 e. The number of hydrogen-bond acceptors (Lipinski definition) is 7. The minimum absolute atomic E-state index is 0.0943. The number of phenolic OH excluding ortho intramolecular Hbond substituents is 1. The van der Waals surface area contributed by atoms with Gasteiger partial charge < -0.3 is 5.11 Å². The first-order valence-electron chi connectivity index (χ1n) is 5.16. The largest absolute Gasteiger partial charge is 0.506 e. The SMILES string of the molecule is CCSc1nsc(N=Nc2cc(Cl)c(O)cc2Cl)n1. The van der Waals surface area contributed by atoms with Gasteiger partial charge in [-0.25, -0.2) is 0 Å². The molecule has 0 saturated heterocycles. The second-order valence-electron chi connectivity index (χ2n) is 3.25. The zero-order valence-corrected chi connectivity index (χ0v) is 12.8. The van der Waals surface area contributed by atoms with Gasteiger partial charge in [-0.1, -0.05) is 41.9 Å². The maximum atomic E-state index is 9.36. The van der Waals surface area contributed by atoms with Crippen molar-refractivity contribution in [2.24, 2.45) is 10.2 Å². The lowest BCUT2D eigenvalue weighted by molar-refractivity contribution is 0.475. The van der Waals surface area contributed by atoms with Crippen LogP contribution in [0.3, 0.4) is 0 Å². The summed E-state index contributed by atoms with van der Waals surface area (Å²) < 4.78 is 4.11. The molecule has 1 aromatic carbocycles. The zero-order valence-electron chi connectivity index (χ0n) is 9.67. The average molecular weight is 335 g/mol. The number of azo groups is 1. The summed E-state index contributed by atoms with van der Waals surface area (Å²) >= 11 is 14.4. The molecule has 0 bridgehead atoms. The van der Waals surface area contributed by atoms with Gasteiger partial charge >= 0.3 is 0 Å². The Morgan fingerprint density at radius 3 is 2.84 bits per heavy atom. The lowest BCUT2D eigenvalue weighted by Gasteiger charge is -1.99. The molecule has 9 heteroatoms. The molecule has 0 atom stereocenters. The molecule has 1 N–H and O–H groups in total. The van der Waals surface area contributed by atoms with Gasteiger partial charge in [0.1, 0.15) is 11.4 Å². The van der Waals surface area contributed by atoms with Crippen LogP contribution in [0.1, 0.15) is 6.92 Å². The van der Waals surface area contributed by atoms with Crippen LogP contribution in [-0.4, -0.2) is 20.2 Å². The van der Waals surface area contributed by atoms with E-state index in [4.69, 9.17) is 23.2 Å². The molecule has 0 radical (unpaired) electrons. The highest BCUT2D eigenvalue weighted by Gasteiger charge is 2.07.